The number of hydrogen-bond donors (Lipinski definition) is 1. The summed E-state index contributed by atoms with van der Waals surface area (Å²) in [6.07, 6.45) is 0.537. The van der Waals surface area contributed by atoms with Crippen LogP contribution in [-0.4, -0.2) is 38.5 Å². The van der Waals surface area contributed by atoms with Crippen LogP contribution < -0.4 is 15.0 Å². The SMILES string of the molecule is CNC(=O)COC(=O)[C@H]1CCC(=O)N(c2ccc(C)cc2)[C@@H]1c1ccccc1OC. The first kappa shape index (κ1) is 21.4. The Balaban J connectivity index is 2.05. The van der Waals surface area contributed by atoms with Gasteiger partial charge in [0.1, 0.15) is 5.75 Å². The molecule has 1 saturated heterocycles. The molecule has 3 rings (SSSR count). The number of piperidine rings is 1. The number of ether oxygens (including phenoxy) is 2. The number of likely N-dealkylation sites (N-methyl/N-ethyl adjacent to an activating group) is 1. The molecule has 2 atom stereocenters. The second-order valence-corrected chi connectivity index (χ2v) is 7.21. The fourth-order valence-corrected chi connectivity index (χ4v) is 3.73. The van der Waals surface area contributed by atoms with Crippen LogP contribution in [0.25, 0.3) is 0 Å². The largest absolute Gasteiger partial charge is 0.496 e. The van der Waals surface area contributed by atoms with Crippen LogP contribution >= 0.6 is 0 Å². The molecule has 0 aromatic heterocycles. The van der Waals surface area contributed by atoms with Crippen LogP contribution in [-0.2, 0) is 19.1 Å². The Kier molecular flexibility index (Phi) is 6.72. The van der Waals surface area contributed by atoms with E-state index in [0.29, 0.717) is 17.9 Å². The van der Waals surface area contributed by atoms with E-state index in [1.54, 1.807) is 18.1 Å². The number of rotatable bonds is 6. The van der Waals surface area contributed by atoms with Gasteiger partial charge in [-0.25, -0.2) is 0 Å². The van der Waals surface area contributed by atoms with E-state index in [-0.39, 0.29) is 24.8 Å². The van der Waals surface area contributed by atoms with Gasteiger partial charge in [-0.15, -0.1) is 0 Å². The van der Waals surface area contributed by atoms with Crippen LogP contribution in [0.3, 0.4) is 0 Å². The Morgan fingerprint density at radius 1 is 1.13 bits per heavy atom. The topological polar surface area (TPSA) is 84.9 Å². The number of carbonyl (C=O) groups excluding carboxylic acids is 3. The maximum absolute atomic E-state index is 13.0. The Morgan fingerprint density at radius 3 is 2.50 bits per heavy atom. The van der Waals surface area contributed by atoms with Crippen LogP contribution in [0.15, 0.2) is 48.5 Å². The Morgan fingerprint density at radius 2 is 1.83 bits per heavy atom. The van der Waals surface area contributed by atoms with Gasteiger partial charge in [0.15, 0.2) is 6.61 Å². The molecular formula is C23H26N2O5. The van der Waals surface area contributed by atoms with Gasteiger partial charge in [-0.2, -0.15) is 0 Å². The first-order valence-electron chi connectivity index (χ1n) is 9.85. The van der Waals surface area contributed by atoms with E-state index in [1.165, 1.54) is 7.05 Å². The van der Waals surface area contributed by atoms with E-state index in [4.69, 9.17) is 9.47 Å². The lowest BCUT2D eigenvalue weighted by molar-refractivity contribution is -0.154. The second-order valence-electron chi connectivity index (χ2n) is 7.21. The highest BCUT2D eigenvalue weighted by Gasteiger charge is 2.43. The van der Waals surface area contributed by atoms with Crippen molar-refractivity contribution in [2.24, 2.45) is 5.92 Å². The third kappa shape index (κ3) is 4.45. The summed E-state index contributed by atoms with van der Waals surface area (Å²) in [4.78, 5) is 39.2. The van der Waals surface area contributed by atoms with Crippen molar-refractivity contribution < 1.29 is 23.9 Å². The second kappa shape index (κ2) is 9.43. The molecule has 1 N–H and O–H groups in total. The van der Waals surface area contributed by atoms with Crippen LogP contribution in [0.5, 0.6) is 5.75 Å². The van der Waals surface area contributed by atoms with Crippen molar-refractivity contribution in [2.75, 3.05) is 25.7 Å². The van der Waals surface area contributed by atoms with Gasteiger partial charge in [-0.3, -0.25) is 14.4 Å². The molecule has 7 heteroatoms. The van der Waals surface area contributed by atoms with Gasteiger partial charge in [0.2, 0.25) is 5.91 Å². The van der Waals surface area contributed by atoms with Gasteiger partial charge in [-0.1, -0.05) is 35.9 Å². The molecule has 0 radical (unpaired) electrons. The van der Waals surface area contributed by atoms with E-state index in [2.05, 4.69) is 5.32 Å². The van der Waals surface area contributed by atoms with Crippen molar-refractivity contribution in [3.63, 3.8) is 0 Å². The highest BCUT2D eigenvalue weighted by molar-refractivity contribution is 5.97. The summed E-state index contributed by atoms with van der Waals surface area (Å²) >= 11 is 0. The first-order chi connectivity index (χ1) is 14.5. The minimum absolute atomic E-state index is 0.0786. The number of carbonyl (C=O) groups is 3. The predicted molar refractivity (Wildman–Crippen MR) is 112 cm³/mol. The Labute approximate surface area is 176 Å². The van der Waals surface area contributed by atoms with E-state index in [0.717, 1.165) is 11.1 Å². The molecule has 1 heterocycles. The molecule has 2 aromatic carbocycles. The molecule has 158 valence electrons. The summed E-state index contributed by atoms with van der Waals surface area (Å²) < 4.78 is 10.8. The number of benzene rings is 2. The average Bonchev–Trinajstić information content (AvgIpc) is 2.77. The van der Waals surface area contributed by atoms with Crippen molar-refractivity contribution in [3.8, 4) is 5.75 Å². The van der Waals surface area contributed by atoms with Gasteiger partial charge in [0.05, 0.1) is 19.1 Å². The summed E-state index contributed by atoms with van der Waals surface area (Å²) in [5.41, 5.74) is 2.49. The van der Waals surface area contributed by atoms with Crippen molar-refractivity contribution in [1.29, 1.82) is 0 Å². The zero-order valence-electron chi connectivity index (χ0n) is 17.4. The monoisotopic (exact) mass is 410 g/mol. The van der Waals surface area contributed by atoms with Crippen LogP contribution in [0.1, 0.15) is 30.0 Å². The standard InChI is InChI=1S/C23H26N2O5/c1-15-8-10-16(11-9-15)25-21(27)13-12-18(23(28)30-14-20(26)24-2)22(25)17-6-4-5-7-19(17)29-3/h4-11,18,22H,12-14H2,1-3H3,(H,24,26)/t18-,22+/m0/s1. The van der Waals surface area contributed by atoms with Crippen LogP contribution in [0.2, 0.25) is 0 Å². The number of aryl methyl sites for hydroxylation is 1. The van der Waals surface area contributed by atoms with Crippen molar-refractivity contribution in [2.45, 2.75) is 25.8 Å². The summed E-state index contributed by atoms with van der Waals surface area (Å²) in [6, 6.07) is 14.3. The van der Waals surface area contributed by atoms with E-state index >= 15 is 0 Å². The van der Waals surface area contributed by atoms with Gasteiger partial charge in [0, 0.05) is 24.7 Å². The van der Waals surface area contributed by atoms with E-state index in [9.17, 15) is 14.4 Å². The molecule has 7 nitrogen and oxygen atoms in total. The maximum Gasteiger partial charge on any atom is 0.311 e. The Bertz CT molecular complexity index is 925. The van der Waals surface area contributed by atoms with Gasteiger partial charge in [-0.05, 0) is 31.5 Å². The molecule has 1 aliphatic rings. The highest BCUT2D eigenvalue weighted by atomic mass is 16.5. The molecular weight excluding hydrogens is 384 g/mol. The fourth-order valence-electron chi connectivity index (χ4n) is 3.73. The first-order valence-corrected chi connectivity index (χ1v) is 9.85. The number of amides is 2. The minimum atomic E-state index is -0.634. The molecule has 0 aliphatic carbocycles. The number of methoxy groups -OCH3 is 1. The highest BCUT2D eigenvalue weighted by Crippen LogP contribution is 2.43. The van der Waals surface area contributed by atoms with Crippen molar-refractivity contribution in [1.82, 2.24) is 5.32 Å². The lowest BCUT2D eigenvalue weighted by atomic mass is 9.83. The zero-order chi connectivity index (χ0) is 21.7. The van der Waals surface area contributed by atoms with Crippen molar-refractivity contribution >= 4 is 23.5 Å². The normalized spacial score (nSPS) is 18.6. The van der Waals surface area contributed by atoms with E-state index < -0.39 is 17.9 Å². The molecule has 2 amide bonds. The van der Waals surface area contributed by atoms with Crippen molar-refractivity contribution in [3.05, 3.63) is 59.7 Å². The zero-order valence-corrected chi connectivity index (χ0v) is 17.4. The van der Waals surface area contributed by atoms with Gasteiger partial charge < -0.3 is 19.7 Å². The molecule has 1 fully saturated rings. The molecule has 0 unspecified atom stereocenters. The number of nitrogens with one attached hydrogen (secondary N) is 1. The number of nitrogens with zero attached hydrogens (tertiary/aromatic N) is 1. The summed E-state index contributed by atoms with van der Waals surface area (Å²) in [5, 5.41) is 2.43. The fraction of sp³-hybridized carbons (Fsp3) is 0.348. The molecule has 2 aromatic rings. The smallest absolute Gasteiger partial charge is 0.311 e. The van der Waals surface area contributed by atoms with Crippen LogP contribution in [0.4, 0.5) is 5.69 Å². The lowest BCUT2D eigenvalue weighted by Gasteiger charge is -2.40. The predicted octanol–water partition coefficient (Wildman–Crippen LogP) is 2.78. The molecule has 30 heavy (non-hydrogen) atoms. The summed E-state index contributed by atoms with van der Waals surface area (Å²) in [5.74, 6) is -1.04. The lowest BCUT2D eigenvalue weighted by Crippen LogP contribution is -2.46. The van der Waals surface area contributed by atoms with Crippen LogP contribution in [0, 0.1) is 12.8 Å². The number of esters is 1. The minimum Gasteiger partial charge on any atom is -0.496 e. The van der Waals surface area contributed by atoms with Gasteiger partial charge >= 0.3 is 5.97 Å². The average molecular weight is 410 g/mol. The Hall–Kier alpha value is -3.35. The van der Waals surface area contributed by atoms with Gasteiger partial charge in [0.25, 0.3) is 5.91 Å². The maximum atomic E-state index is 13.0. The summed E-state index contributed by atoms with van der Waals surface area (Å²) in [6.45, 7) is 1.61. The number of hydrogen-bond acceptors (Lipinski definition) is 5. The number of para-hydroxylation sites is 1. The van der Waals surface area contributed by atoms with E-state index in [1.807, 2.05) is 49.4 Å². The number of anilines is 1. The molecule has 1 aliphatic heterocycles. The quantitative estimate of drug-likeness (QED) is 0.741. The summed E-state index contributed by atoms with van der Waals surface area (Å²) in [7, 11) is 3.03. The third-order valence-electron chi connectivity index (χ3n) is 5.29. The third-order valence-corrected chi connectivity index (χ3v) is 5.29. The molecule has 0 spiro atoms. The molecule has 0 saturated carbocycles. The molecule has 0 bridgehead atoms.